The van der Waals surface area contributed by atoms with Gasteiger partial charge in [0.1, 0.15) is 5.92 Å². The average Bonchev–Trinajstić information content (AvgIpc) is 2.35. The second-order valence-electron chi connectivity index (χ2n) is 3.47. The number of amides is 1. The monoisotopic (exact) mass is 244 g/mol. The summed E-state index contributed by atoms with van der Waals surface area (Å²) in [5.41, 5.74) is 5.02. The van der Waals surface area contributed by atoms with E-state index in [2.05, 4.69) is 0 Å². The van der Waals surface area contributed by atoms with Crippen molar-refractivity contribution in [2.75, 3.05) is 0 Å². The molecule has 1 rings (SSSR count). The zero-order valence-electron chi connectivity index (χ0n) is 9.11. The van der Waals surface area contributed by atoms with Crippen LogP contribution < -0.4 is 5.73 Å². The molecule has 0 aromatic heterocycles. The summed E-state index contributed by atoms with van der Waals surface area (Å²) in [5.74, 6) is -3.39. The highest BCUT2D eigenvalue weighted by Crippen LogP contribution is 2.26. The standard InChI is InChI=1S/C11H8N4O3/c12-5-9(10(6-13)11(14)16)7-2-1-3-8(4-7)15(17)18/h1-4,9-10H,(H2,14,16). The van der Waals surface area contributed by atoms with Crippen molar-refractivity contribution in [2.45, 2.75) is 5.92 Å². The maximum atomic E-state index is 11.0. The number of primary amides is 1. The van der Waals surface area contributed by atoms with Crippen LogP contribution in [-0.4, -0.2) is 10.8 Å². The molecule has 0 spiro atoms. The first-order valence-corrected chi connectivity index (χ1v) is 4.84. The molecule has 0 aliphatic rings. The van der Waals surface area contributed by atoms with Crippen LogP contribution in [0.3, 0.4) is 0 Å². The van der Waals surface area contributed by atoms with Crippen molar-refractivity contribution >= 4 is 11.6 Å². The summed E-state index contributed by atoms with van der Waals surface area (Å²) in [5, 5.41) is 28.4. The summed E-state index contributed by atoms with van der Waals surface area (Å²) in [7, 11) is 0. The van der Waals surface area contributed by atoms with Crippen molar-refractivity contribution in [2.24, 2.45) is 11.7 Å². The normalized spacial score (nSPS) is 12.8. The molecule has 90 valence electrons. The Labute approximate surface area is 102 Å². The quantitative estimate of drug-likeness (QED) is 0.618. The molecule has 0 bridgehead atoms. The number of non-ortho nitro benzene ring substituents is 1. The molecule has 1 amide bonds. The Hall–Kier alpha value is -2.93. The predicted molar refractivity (Wildman–Crippen MR) is 59.7 cm³/mol. The largest absolute Gasteiger partial charge is 0.368 e. The lowest BCUT2D eigenvalue weighted by Gasteiger charge is -2.12. The fourth-order valence-electron chi connectivity index (χ4n) is 1.48. The Kier molecular flexibility index (Phi) is 3.95. The van der Waals surface area contributed by atoms with E-state index in [4.69, 9.17) is 16.3 Å². The lowest BCUT2D eigenvalue weighted by atomic mass is 9.87. The second-order valence-corrected chi connectivity index (χ2v) is 3.47. The number of rotatable bonds is 4. The molecule has 7 heteroatoms. The van der Waals surface area contributed by atoms with Gasteiger partial charge < -0.3 is 5.73 Å². The Balaban J connectivity index is 3.22. The lowest BCUT2D eigenvalue weighted by molar-refractivity contribution is -0.384. The van der Waals surface area contributed by atoms with E-state index < -0.39 is 22.7 Å². The van der Waals surface area contributed by atoms with E-state index in [9.17, 15) is 14.9 Å². The molecule has 2 N–H and O–H groups in total. The van der Waals surface area contributed by atoms with Crippen molar-refractivity contribution in [1.29, 1.82) is 10.5 Å². The molecular weight excluding hydrogens is 236 g/mol. The molecule has 2 atom stereocenters. The van der Waals surface area contributed by atoms with Gasteiger partial charge in [0.15, 0.2) is 0 Å². The zero-order chi connectivity index (χ0) is 13.7. The molecule has 0 saturated heterocycles. The van der Waals surface area contributed by atoms with Crippen LogP contribution in [0.1, 0.15) is 11.5 Å². The van der Waals surface area contributed by atoms with Gasteiger partial charge in [0.2, 0.25) is 5.91 Å². The van der Waals surface area contributed by atoms with E-state index in [1.807, 2.05) is 0 Å². The molecule has 7 nitrogen and oxygen atoms in total. The van der Waals surface area contributed by atoms with E-state index in [1.54, 1.807) is 12.1 Å². The third-order valence-electron chi connectivity index (χ3n) is 2.36. The molecule has 0 fully saturated rings. The first-order valence-electron chi connectivity index (χ1n) is 4.84. The summed E-state index contributed by atoms with van der Waals surface area (Å²) in [6, 6.07) is 8.63. The number of carbonyl (C=O) groups is 1. The molecule has 1 aromatic rings. The Morgan fingerprint density at radius 3 is 2.50 bits per heavy atom. The highest BCUT2D eigenvalue weighted by molar-refractivity contribution is 5.81. The minimum Gasteiger partial charge on any atom is -0.368 e. The van der Waals surface area contributed by atoms with Crippen molar-refractivity contribution in [1.82, 2.24) is 0 Å². The van der Waals surface area contributed by atoms with Gasteiger partial charge in [-0.15, -0.1) is 0 Å². The van der Waals surface area contributed by atoms with Crippen LogP contribution in [0.25, 0.3) is 0 Å². The number of benzene rings is 1. The van der Waals surface area contributed by atoms with Gasteiger partial charge in [0, 0.05) is 12.1 Å². The number of hydrogen-bond donors (Lipinski definition) is 1. The van der Waals surface area contributed by atoms with Crippen LogP contribution in [0, 0.1) is 38.7 Å². The molecule has 0 aliphatic heterocycles. The summed E-state index contributed by atoms with van der Waals surface area (Å²) in [4.78, 5) is 21.0. The number of nitrogens with zero attached hydrogens (tertiary/aromatic N) is 3. The molecular formula is C11H8N4O3. The van der Waals surface area contributed by atoms with Crippen LogP contribution in [-0.2, 0) is 4.79 Å². The minimum atomic E-state index is -1.34. The van der Waals surface area contributed by atoms with Gasteiger partial charge in [-0.05, 0) is 5.56 Å². The number of nitro groups is 1. The van der Waals surface area contributed by atoms with Gasteiger partial charge in [-0.2, -0.15) is 10.5 Å². The zero-order valence-corrected chi connectivity index (χ0v) is 9.11. The van der Waals surface area contributed by atoms with Crippen molar-refractivity contribution in [3.05, 3.63) is 39.9 Å². The summed E-state index contributed by atoms with van der Waals surface area (Å²) >= 11 is 0. The van der Waals surface area contributed by atoms with E-state index in [1.165, 1.54) is 18.2 Å². The maximum Gasteiger partial charge on any atom is 0.269 e. The molecule has 18 heavy (non-hydrogen) atoms. The minimum absolute atomic E-state index is 0.214. The Bertz CT molecular complexity index is 570. The SMILES string of the molecule is N#CC(C(N)=O)C(C#N)c1cccc([N+](=O)[O-])c1. The third kappa shape index (κ3) is 2.60. The molecule has 0 saturated carbocycles. The summed E-state index contributed by atoms with van der Waals surface area (Å²) in [6.45, 7) is 0. The van der Waals surface area contributed by atoms with Crippen molar-refractivity contribution < 1.29 is 9.72 Å². The first kappa shape index (κ1) is 13.1. The maximum absolute atomic E-state index is 11.0. The van der Waals surface area contributed by atoms with E-state index in [0.29, 0.717) is 0 Å². The number of nitro benzene ring substituents is 1. The number of hydrogen-bond acceptors (Lipinski definition) is 5. The van der Waals surface area contributed by atoms with Gasteiger partial charge >= 0.3 is 0 Å². The van der Waals surface area contributed by atoms with Crippen LogP contribution in [0.4, 0.5) is 5.69 Å². The van der Waals surface area contributed by atoms with Crippen molar-refractivity contribution in [3.63, 3.8) is 0 Å². The summed E-state index contributed by atoms with van der Waals surface area (Å²) < 4.78 is 0. The highest BCUT2D eigenvalue weighted by Gasteiger charge is 2.28. The fraction of sp³-hybridized carbons (Fsp3) is 0.182. The van der Waals surface area contributed by atoms with E-state index in [0.717, 1.165) is 6.07 Å². The van der Waals surface area contributed by atoms with Crippen LogP contribution >= 0.6 is 0 Å². The molecule has 0 radical (unpaired) electrons. The van der Waals surface area contributed by atoms with Crippen LogP contribution in [0.5, 0.6) is 0 Å². The molecule has 1 aromatic carbocycles. The van der Waals surface area contributed by atoms with Crippen LogP contribution in [0.2, 0.25) is 0 Å². The molecule has 0 aliphatic carbocycles. The first-order chi connectivity index (χ1) is 8.51. The topological polar surface area (TPSA) is 134 Å². The average molecular weight is 244 g/mol. The molecule has 2 unspecified atom stereocenters. The smallest absolute Gasteiger partial charge is 0.269 e. The van der Waals surface area contributed by atoms with Gasteiger partial charge in [-0.3, -0.25) is 14.9 Å². The highest BCUT2D eigenvalue weighted by atomic mass is 16.6. The van der Waals surface area contributed by atoms with Crippen LogP contribution in [0.15, 0.2) is 24.3 Å². The van der Waals surface area contributed by atoms with E-state index >= 15 is 0 Å². The second kappa shape index (κ2) is 5.41. The molecule has 0 heterocycles. The Morgan fingerprint density at radius 2 is 2.06 bits per heavy atom. The summed E-state index contributed by atoms with van der Waals surface area (Å²) in [6.07, 6.45) is 0. The van der Waals surface area contributed by atoms with Gasteiger partial charge in [0.05, 0.1) is 23.0 Å². The number of nitriles is 2. The van der Waals surface area contributed by atoms with E-state index in [-0.39, 0.29) is 11.3 Å². The number of carbonyl (C=O) groups excluding carboxylic acids is 1. The third-order valence-corrected chi connectivity index (χ3v) is 2.36. The fourth-order valence-corrected chi connectivity index (χ4v) is 1.48. The lowest BCUT2D eigenvalue weighted by Crippen LogP contribution is -2.27. The van der Waals surface area contributed by atoms with Gasteiger partial charge in [0.25, 0.3) is 5.69 Å². The number of nitrogens with two attached hydrogens (primary N) is 1. The van der Waals surface area contributed by atoms with Gasteiger partial charge in [-0.25, -0.2) is 0 Å². The van der Waals surface area contributed by atoms with Crippen molar-refractivity contribution in [3.8, 4) is 12.1 Å². The van der Waals surface area contributed by atoms with Gasteiger partial charge in [-0.1, -0.05) is 12.1 Å². The predicted octanol–water partition coefficient (Wildman–Crippen LogP) is 0.827. The Morgan fingerprint density at radius 1 is 1.39 bits per heavy atom.